The van der Waals surface area contributed by atoms with Crippen molar-refractivity contribution in [3.8, 4) is 33.9 Å². The number of benzene rings is 6. The van der Waals surface area contributed by atoms with Crippen LogP contribution in [0.25, 0.3) is 33.9 Å². The molecular weight excluding hydrogens is 596 g/mol. The first-order valence-corrected chi connectivity index (χ1v) is 15.5. The number of hydrogen-bond acceptors (Lipinski definition) is 6. The third-order valence-corrected chi connectivity index (χ3v) is 7.68. The predicted octanol–water partition coefficient (Wildman–Crippen LogP) is 6.56. The molecule has 2 N–H and O–H groups in total. The van der Waals surface area contributed by atoms with E-state index in [-0.39, 0.29) is 0 Å². The first-order valence-electron chi connectivity index (χ1n) is 15.5. The second-order valence-electron chi connectivity index (χ2n) is 11.0. The van der Waals surface area contributed by atoms with Crippen LogP contribution in [0.4, 0.5) is 23.3 Å². The maximum absolute atomic E-state index is 4.80. The molecule has 0 aliphatic heterocycles. The number of nitrogens with zero attached hydrogens (tertiary/aromatic N) is 8. The van der Waals surface area contributed by atoms with Crippen LogP contribution >= 0.6 is 0 Å². The normalized spacial score (nSPS) is 10.9. The van der Waals surface area contributed by atoms with Gasteiger partial charge in [-0.25, -0.2) is 0 Å². The Morgan fingerprint density at radius 2 is 1.02 bits per heavy atom. The van der Waals surface area contributed by atoms with E-state index in [4.69, 9.17) is 20.6 Å². The van der Waals surface area contributed by atoms with Gasteiger partial charge in [-0.05, 0) is 88.7 Å². The summed E-state index contributed by atoms with van der Waals surface area (Å²) in [5, 5.41) is 26.1. The molecule has 0 bridgehead atoms. The zero-order valence-corrected chi connectivity index (χ0v) is 25.7. The van der Waals surface area contributed by atoms with Crippen LogP contribution in [-0.2, 0) is 0 Å². The summed E-state index contributed by atoms with van der Waals surface area (Å²) in [6.07, 6.45) is 0. The number of hydrogen-bond donors (Lipinski definition) is 2. The second-order valence-corrected chi connectivity index (χ2v) is 11.0. The summed E-state index contributed by atoms with van der Waals surface area (Å²) in [6.45, 7) is 0. The maximum atomic E-state index is 4.80. The average molecular weight is 627 g/mol. The van der Waals surface area contributed by atoms with Gasteiger partial charge in [0.25, 0.3) is 0 Å². The Kier molecular flexibility index (Phi) is 7.62. The zero-order valence-electron chi connectivity index (χ0n) is 25.7. The smallest absolute Gasteiger partial charge is 0.301 e. The molecule has 0 radical (unpaired) electrons. The number of anilines is 4. The van der Waals surface area contributed by atoms with Crippen molar-refractivity contribution in [1.82, 2.24) is 30.1 Å². The van der Waals surface area contributed by atoms with Crippen molar-refractivity contribution < 1.29 is 9.48 Å². The fourth-order valence-corrected chi connectivity index (χ4v) is 5.35. The van der Waals surface area contributed by atoms with E-state index in [2.05, 4.69) is 34.9 Å². The highest BCUT2D eigenvalue weighted by molar-refractivity contribution is 5.73. The summed E-state index contributed by atoms with van der Waals surface area (Å²) in [6, 6.07) is 56.1. The van der Waals surface area contributed by atoms with Gasteiger partial charge in [-0.1, -0.05) is 106 Å². The number of nitrogens with one attached hydrogen (secondary N) is 2. The van der Waals surface area contributed by atoms with Crippen molar-refractivity contribution in [3.05, 3.63) is 170 Å². The Morgan fingerprint density at radius 1 is 0.479 bits per heavy atom. The molecule has 230 valence electrons. The van der Waals surface area contributed by atoms with E-state index < -0.39 is 0 Å². The van der Waals surface area contributed by atoms with Gasteiger partial charge < -0.3 is 5.32 Å². The number of rotatable bonds is 9. The first kappa shape index (κ1) is 28.5. The Labute approximate surface area is 276 Å². The van der Waals surface area contributed by atoms with Crippen molar-refractivity contribution in [3.63, 3.8) is 0 Å². The molecule has 0 amide bonds. The first-order chi connectivity index (χ1) is 23.8. The topological polar surface area (TPSA) is 93.2 Å². The van der Waals surface area contributed by atoms with Crippen LogP contribution in [0.2, 0.25) is 0 Å². The van der Waals surface area contributed by atoms with Crippen molar-refractivity contribution in [2.45, 2.75) is 0 Å². The molecule has 0 saturated heterocycles. The van der Waals surface area contributed by atoms with Crippen molar-refractivity contribution >= 4 is 23.3 Å². The van der Waals surface area contributed by atoms with E-state index in [1.165, 1.54) is 0 Å². The fourth-order valence-electron chi connectivity index (χ4n) is 5.35. The van der Waals surface area contributed by atoms with Crippen LogP contribution in [-0.4, -0.2) is 30.1 Å². The average Bonchev–Trinajstić information content (AvgIpc) is 3.78. The Morgan fingerprint density at radius 3 is 1.65 bits per heavy atom. The van der Waals surface area contributed by atoms with Gasteiger partial charge >= 0.3 is 11.9 Å². The number of aromatic nitrogens is 8. The molecule has 2 aromatic heterocycles. The minimum absolute atomic E-state index is 0.588. The van der Waals surface area contributed by atoms with Crippen LogP contribution in [0.1, 0.15) is 0 Å². The molecule has 0 aliphatic carbocycles. The third kappa shape index (κ3) is 6.01. The highest BCUT2D eigenvalue weighted by Gasteiger charge is 2.23. The highest BCUT2D eigenvalue weighted by atomic mass is 15.7. The standard InChI is InChI=1S/C38H30N10/c1-5-19-33(20-6-1)45-37(41-47(43-45)35-23-9-3-10-24-35)39-31-17-13-15-29(27-31)30-16-14-18-32(28-30)40-38-42-48(36-25-11-4-12-26-36)44-46(38)34-21-7-2-8-22-34/h1-28H,(H,39,41,43)(H,40,42,44)/q+2. The molecule has 0 spiro atoms. The van der Waals surface area contributed by atoms with Crippen LogP contribution in [0.5, 0.6) is 0 Å². The molecule has 48 heavy (non-hydrogen) atoms. The molecule has 8 rings (SSSR count). The maximum Gasteiger partial charge on any atom is 0.408 e. The van der Waals surface area contributed by atoms with Crippen molar-refractivity contribution in [2.75, 3.05) is 10.6 Å². The molecule has 6 aromatic carbocycles. The summed E-state index contributed by atoms with van der Waals surface area (Å²) in [5.41, 5.74) is 7.36. The third-order valence-electron chi connectivity index (χ3n) is 7.68. The number of tetrazole rings is 2. The molecule has 0 atom stereocenters. The molecule has 2 heterocycles. The summed E-state index contributed by atoms with van der Waals surface area (Å²) >= 11 is 0. The predicted molar refractivity (Wildman–Crippen MR) is 184 cm³/mol. The van der Waals surface area contributed by atoms with E-state index >= 15 is 0 Å². The van der Waals surface area contributed by atoms with E-state index in [1.807, 2.05) is 146 Å². The van der Waals surface area contributed by atoms with E-state index in [9.17, 15) is 0 Å². The van der Waals surface area contributed by atoms with Gasteiger partial charge in [-0.15, -0.1) is 0 Å². The molecule has 8 aromatic rings. The van der Waals surface area contributed by atoms with E-state index in [1.54, 1.807) is 19.0 Å². The Balaban J connectivity index is 1.10. The summed E-state index contributed by atoms with van der Waals surface area (Å²) < 4.78 is 3.60. The quantitative estimate of drug-likeness (QED) is 0.177. The molecule has 0 unspecified atom stereocenters. The molecule has 0 aliphatic rings. The van der Waals surface area contributed by atoms with Crippen LogP contribution in [0, 0.1) is 0 Å². The lowest BCUT2D eigenvalue weighted by molar-refractivity contribution is -0.717. The lowest BCUT2D eigenvalue weighted by Crippen LogP contribution is -2.36. The van der Waals surface area contributed by atoms with Gasteiger partial charge in [-0.2, -0.15) is 0 Å². The van der Waals surface area contributed by atoms with Crippen LogP contribution in [0.3, 0.4) is 0 Å². The minimum Gasteiger partial charge on any atom is -0.301 e. The number of para-hydroxylation sites is 4. The minimum atomic E-state index is 0.588. The van der Waals surface area contributed by atoms with Crippen LogP contribution in [0.15, 0.2) is 170 Å². The molecular formula is C38H30N10+2. The monoisotopic (exact) mass is 626 g/mol. The van der Waals surface area contributed by atoms with Gasteiger partial charge in [0.05, 0.1) is 10.8 Å². The summed E-state index contributed by atoms with van der Waals surface area (Å²) in [7, 11) is 0. The zero-order chi connectivity index (χ0) is 32.1. The second kappa shape index (κ2) is 12.8. The fraction of sp³-hybridized carbons (Fsp3) is 0. The highest BCUT2D eigenvalue weighted by Crippen LogP contribution is 2.27. The summed E-state index contributed by atoms with van der Waals surface area (Å²) in [5.74, 6) is 1.18. The Bertz CT molecular complexity index is 2120. The molecule has 10 heteroatoms. The van der Waals surface area contributed by atoms with Gasteiger partial charge in [0.1, 0.15) is 16.6 Å². The van der Waals surface area contributed by atoms with Gasteiger partial charge in [0.2, 0.25) is 0 Å². The largest absolute Gasteiger partial charge is 0.408 e. The van der Waals surface area contributed by atoms with E-state index in [0.717, 1.165) is 45.3 Å². The summed E-state index contributed by atoms with van der Waals surface area (Å²) in [4.78, 5) is 3.26. The lowest BCUT2D eigenvalue weighted by atomic mass is 10.0. The van der Waals surface area contributed by atoms with E-state index in [0.29, 0.717) is 11.9 Å². The molecule has 10 nitrogen and oxygen atoms in total. The van der Waals surface area contributed by atoms with Crippen molar-refractivity contribution in [1.29, 1.82) is 0 Å². The van der Waals surface area contributed by atoms with Gasteiger partial charge in [0, 0.05) is 20.8 Å². The Hall–Kier alpha value is -6.94. The van der Waals surface area contributed by atoms with Crippen molar-refractivity contribution in [2.24, 2.45) is 0 Å². The van der Waals surface area contributed by atoms with Crippen LogP contribution < -0.4 is 20.1 Å². The van der Waals surface area contributed by atoms with Gasteiger partial charge in [-0.3, -0.25) is 5.32 Å². The SMILES string of the molecule is c1ccc(-n2nc(Nc3cccc(-c4cccc(Nc5n[n+](-c6ccccc6)nn5-c5ccccc5)c4)c3)[n+](-c3ccccc3)n2)cc1. The van der Waals surface area contributed by atoms with Gasteiger partial charge in [0.15, 0.2) is 11.4 Å². The molecule has 0 saturated carbocycles. The molecule has 0 fully saturated rings. The lowest BCUT2D eigenvalue weighted by Gasteiger charge is -2.07.